The lowest BCUT2D eigenvalue weighted by Crippen LogP contribution is -2.39. The van der Waals surface area contributed by atoms with Crippen molar-refractivity contribution in [2.75, 3.05) is 51.1 Å². The Kier molecular flexibility index (Phi) is 4.34. The summed E-state index contributed by atoms with van der Waals surface area (Å²) in [5.41, 5.74) is 3.22. The molecule has 0 saturated carbocycles. The summed E-state index contributed by atoms with van der Waals surface area (Å²) in [5, 5.41) is 10.4. The minimum atomic E-state index is 0.751. The van der Waals surface area contributed by atoms with E-state index in [1.165, 1.54) is 11.1 Å². The van der Waals surface area contributed by atoms with Crippen LogP contribution in [0.5, 0.6) is 0 Å². The predicted molar refractivity (Wildman–Crippen MR) is 83.8 cm³/mol. The molecule has 0 aromatic carbocycles. The molecule has 5 nitrogen and oxygen atoms in total. The minimum Gasteiger partial charge on any atom is -0.378 e. The maximum atomic E-state index is 9.52. The minimum absolute atomic E-state index is 0.751. The molecule has 21 heavy (non-hydrogen) atoms. The molecule has 112 valence electrons. The summed E-state index contributed by atoms with van der Waals surface area (Å²) < 4.78 is 5.45. The molecule has 0 N–H and O–H groups in total. The number of fused-ring (bicyclic) bond motifs is 1. The fraction of sp³-hybridized carbons (Fsp3) is 0.600. The number of hydrogen-bond acceptors (Lipinski definition) is 6. The van der Waals surface area contributed by atoms with Crippen molar-refractivity contribution in [3.05, 3.63) is 16.7 Å². The summed E-state index contributed by atoms with van der Waals surface area (Å²) in [6.07, 6.45) is 2.93. The van der Waals surface area contributed by atoms with Gasteiger partial charge in [-0.05, 0) is 25.3 Å². The highest BCUT2D eigenvalue weighted by atomic mass is 32.2. The van der Waals surface area contributed by atoms with Crippen molar-refractivity contribution in [2.24, 2.45) is 0 Å². The highest BCUT2D eigenvalue weighted by Gasteiger charge is 2.27. The summed E-state index contributed by atoms with van der Waals surface area (Å²) in [5.74, 6) is 1.06. The molecular weight excluding hydrogens is 284 g/mol. The van der Waals surface area contributed by atoms with E-state index in [2.05, 4.69) is 22.9 Å². The van der Waals surface area contributed by atoms with Crippen LogP contribution in [0.15, 0.2) is 5.03 Å². The molecule has 2 aliphatic rings. The summed E-state index contributed by atoms with van der Waals surface area (Å²) in [6.45, 7) is 5.13. The molecule has 0 amide bonds. The van der Waals surface area contributed by atoms with Crippen molar-refractivity contribution < 1.29 is 4.74 Å². The quantitative estimate of drug-likeness (QED) is 0.772. The standard InChI is InChI=1S/C15H20N4OS/c1-18-4-3-11-12(9-16)15(21-2)17-14(13(11)10-18)19-5-7-20-8-6-19/h3-8,10H2,1-2H3. The maximum absolute atomic E-state index is 9.52. The number of rotatable bonds is 2. The normalized spacial score (nSPS) is 19.2. The lowest BCUT2D eigenvalue weighted by atomic mass is 9.96. The van der Waals surface area contributed by atoms with Gasteiger partial charge in [0.25, 0.3) is 0 Å². The van der Waals surface area contributed by atoms with Crippen LogP contribution in [0.25, 0.3) is 0 Å². The Morgan fingerprint density at radius 3 is 2.67 bits per heavy atom. The molecule has 1 aromatic heterocycles. The molecule has 0 aliphatic carbocycles. The van der Waals surface area contributed by atoms with Crippen LogP contribution in [0.4, 0.5) is 5.82 Å². The lowest BCUT2D eigenvalue weighted by molar-refractivity contribution is 0.122. The first-order valence-corrected chi connectivity index (χ1v) is 8.48. The zero-order chi connectivity index (χ0) is 14.8. The Hall–Kier alpha value is -1.29. The van der Waals surface area contributed by atoms with E-state index in [0.717, 1.165) is 62.2 Å². The number of aromatic nitrogens is 1. The number of thioether (sulfide) groups is 1. The first-order valence-electron chi connectivity index (χ1n) is 7.25. The molecular formula is C15H20N4OS. The summed E-state index contributed by atoms with van der Waals surface area (Å²) >= 11 is 1.57. The highest BCUT2D eigenvalue weighted by molar-refractivity contribution is 7.98. The average molecular weight is 304 g/mol. The van der Waals surface area contributed by atoms with Gasteiger partial charge in [0, 0.05) is 31.7 Å². The van der Waals surface area contributed by atoms with Crippen molar-refractivity contribution in [3.8, 4) is 6.07 Å². The molecule has 1 fully saturated rings. The maximum Gasteiger partial charge on any atom is 0.134 e. The molecule has 2 aliphatic heterocycles. The first kappa shape index (κ1) is 14.6. The molecule has 0 unspecified atom stereocenters. The summed E-state index contributed by atoms with van der Waals surface area (Å²) in [6, 6.07) is 2.37. The van der Waals surface area contributed by atoms with E-state index in [9.17, 15) is 5.26 Å². The summed E-state index contributed by atoms with van der Waals surface area (Å²) in [7, 11) is 2.13. The smallest absolute Gasteiger partial charge is 0.134 e. The zero-order valence-corrected chi connectivity index (χ0v) is 13.4. The second-order valence-electron chi connectivity index (χ2n) is 5.48. The van der Waals surface area contributed by atoms with Gasteiger partial charge in [0.05, 0.1) is 18.8 Å². The first-order chi connectivity index (χ1) is 10.2. The average Bonchev–Trinajstić information content (AvgIpc) is 2.54. The van der Waals surface area contributed by atoms with Crippen LogP contribution in [-0.4, -0.2) is 56.0 Å². The molecule has 0 bridgehead atoms. The van der Waals surface area contributed by atoms with Crippen molar-refractivity contribution >= 4 is 17.6 Å². The number of ether oxygens (including phenoxy) is 1. The third-order valence-electron chi connectivity index (χ3n) is 4.14. The van der Waals surface area contributed by atoms with E-state index in [4.69, 9.17) is 9.72 Å². The Morgan fingerprint density at radius 2 is 2.00 bits per heavy atom. The second-order valence-corrected chi connectivity index (χ2v) is 6.27. The largest absolute Gasteiger partial charge is 0.378 e. The zero-order valence-electron chi connectivity index (χ0n) is 12.6. The molecule has 3 heterocycles. The molecule has 1 saturated heterocycles. The van der Waals surface area contributed by atoms with Crippen molar-refractivity contribution in [2.45, 2.75) is 18.0 Å². The van der Waals surface area contributed by atoms with E-state index in [0.29, 0.717) is 0 Å². The number of hydrogen-bond donors (Lipinski definition) is 0. The number of likely N-dealkylation sites (N-methyl/N-ethyl adjacent to an activating group) is 1. The topological polar surface area (TPSA) is 52.4 Å². The third kappa shape index (κ3) is 2.73. The van der Waals surface area contributed by atoms with Gasteiger partial charge in [-0.25, -0.2) is 4.98 Å². The highest BCUT2D eigenvalue weighted by Crippen LogP contribution is 2.34. The van der Waals surface area contributed by atoms with Crippen LogP contribution < -0.4 is 4.90 Å². The molecule has 0 spiro atoms. The van der Waals surface area contributed by atoms with E-state index in [1.54, 1.807) is 11.8 Å². The van der Waals surface area contributed by atoms with Crippen molar-refractivity contribution in [1.29, 1.82) is 5.26 Å². The van der Waals surface area contributed by atoms with Crippen LogP contribution in [0, 0.1) is 11.3 Å². The fourth-order valence-corrected chi connectivity index (χ4v) is 3.58. The fourth-order valence-electron chi connectivity index (χ4n) is 3.03. The van der Waals surface area contributed by atoms with E-state index in [1.807, 2.05) is 6.26 Å². The van der Waals surface area contributed by atoms with Crippen molar-refractivity contribution in [1.82, 2.24) is 9.88 Å². The lowest BCUT2D eigenvalue weighted by Gasteiger charge is -2.34. The summed E-state index contributed by atoms with van der Waals surface area (Å²) in [4.78, 5) is 9.42. The Balaban J connectivity index is 2.12. The van der Waals surface area contributed by atoms with E-state index in [-0.39, 0.29) is 0 Å². The molecule has 6 heteroatoms. The monoisotopic (exact) mass is 304 g/mol. The molecule has 0 radical (unpaired) electrons. The van der Waals surface area contributed by atoms with Gasteiger partial charge in [0.15, 0.2) is 0 Å². The second kappa shape index (κ2) is 6.22. The number of nitriles is 1. The van der Waals surface area contributed by atoms with Gasteiger partial charge in [-0.3, -0.25) is 0 Å². The van der Waals surface area contributed by atoms with Gasteiger partial charge >= 0.3 is 0 Å². The molecule has 3 rings (SSSR count). The van der Waals surface area contributed by atoms with Gasteiger partial charge in [0.1, 0.15) is 16.9 Å². The van der Waals surface area contributed by atoms with Gasteiger partial charge in [-0.15, -0.1) is 11.8 Å². The van der Waals surface area contributed by atoms with E-state index >= 15 is 0 Å². The molecule has 1 aromatic rings. The number of nitrogens with zero attached hydrogens (tertiary/aromatic N) is 4. The van der Waals surface area contributed by atoms with Crippen LogP contribution in [0.2, 0.25) is 0 Å². The van der Waals surface area contributed by atoms with Crippen LogP contribution in [0.1, 0.15) is 16.7 Å². The van der Waals surface area contributed by atoms with Crippen LogP contribution in [-0.2, 0) is 17.7 Å². The van der Waals surface area contributed by atoms with Gasteiger partial charge in [-0.1, -0.05) is 0 Å². The van der Waals surface area contributed by atoms with Crippen LogP contribution in [0.3, 0.4) is 0 Å². The van der Waals surface area contributed by atoms with Crippen molar-refractivity contribution in [3.63, 3.8) is 0 Å². The van der Waals surface area contributed by atoms with Crippen LogP contribution >= 0.6 is 11.8 Å². The number of anilines is 1. The Labute approximate surface area is 129 Å². The number of morpholine rings is 1. The van der Waals surface area contributed by atoms with E-state index < -0.39 is 0 Å². The van der Waals surface area contributed by atoms with Gasteiger partial charge in [0.2, 0.25) is 0 Å². The molecule has 0 atom stereocenters. The predicted octanol–water partition coefficient (Wildman–Crippen LogP) is 1.50. The number of pyridine rings is 1. The van der Waals surface area contributed by atoms with Gasteiger partial charge in [-0.2, -0.15) is 5.26 Å². The SMILES string of the molecule is CSc1nc(N2CCOCC2)c2c(c1C#N)CCN(C)C2. The van der Waals surface area contributed by atoms with Gasteiger partial charge < -0.3 is 14.5 Å². The Morgan fingerprint density at radius 1 is 1.24 bits per heavy atom. The Bertz CT molecular complexity index is 578. The third-order valence-corrected chi connectivity index (χ3v) is 4.83.